The lowest BCUT2D eigenvalue weighted by atomic mass is 10.1. The van der Waals surface area contributed by atoms with Crippen molar-refractivity contribution in [3.05, 3.63) is 42.4 Å². The standard InChI is InChI=1S/C12H9N3O/c1-16-11-4-2-3-9(5-11)12-6-10(7-13)14-8-15-12/h2-6,8H,1H3. The summed E-state index contributed by atoms with van der Waals surface area (Å²) < 4.78 is 5.12. The number of rotatable bonds is 2. The molecule has 2 rings (SSSR count). The smallest absolute Gasteiger partial charge is 0.144 e. The molecule has 16 heavy (non-hydrogen) atoms. The summed E-state index contributed by atoms with van der Waals surface area (Å²) in [7, 11) is 1.61. The van der Waals surface area contributed by atoms with Crippen LogP contribution in [0.25, 0.3) is 11.3 Å². The molecule has 0 bridgehead atoms. The van der Waals surface area contributed by atoms with E-state index in [1.807, 2.05) is 30.3 Å². The molecule has 1 aromatic heterocycles. The lowest BCUT2D eigenvalue weighted by molar-refractivity contribution is 0.415. The Morgan fingerprint density at radius 2 is 2.12 bits per heavy atom. The first-order valence-corrected chi connectivity index (χ1v) is 4.70. The number of aromatic nitrogens is 2. The minimum absolute atomic E-state index is 0.354. The molecular weight excluding hydrogens is 202 g/mol. The van der Waals surface area contributed by atoms with Gasteiger partial charge in [0.1, 0.15) is 23.8 Å². The molecule has 1 heterocycles. The third-order valence-electron chi connectivity index (χ3n) is 2.15. The normalized spacial score (nSPS) is 9.50. The van der Waals surface area contributed by atoms with Gasteiger partial charge in [0.25, 0.3) is 0 Å². The number of nitrogens with zero attached hydrogens (tertiary/aromatic N) is 3. The van der Waals surface area contributed by atoms with Gasteiger partial charge in [0.05, 0.1) is 12.8 Å². The maximum atomic E-state index is 8.74. The first-order valence-electron chi connectivity index (χ1n) is 4.70. The van der Waals surface area contributed by atoms with Crippen molar-refractivity contribution in [3.8, 4) is 23.1 Å². The van der Waals surface area contributed by atoms with E-state index in [0.717, 1.165) is 11.3 Å². The summed E-state index contributed by atoms with van der Waals surface area (Å²) in [5, 5.41) is 8.74. The molecule has 0 fully saturated rings. The number of hydrogen-bond acceptors (Lipinski definition) is 4. The Morgan fingerprint density at radius 3 is 2.88 bits per heavy atom. The van der Waals surface area contributed by atoms with Crippen LogP contribution in [0, 0.1) is 11.3 Å². The summed E-state index contributed by atoms with van der Waals surface area (Å²) in [4.78, 5) is 7.94. The van der Waals surface area contributed by atoms with Gasteiger partial charge in [-0.15, -0.1) is 0 Å². The Labute approximate surface area is 93.2 Å². The molecule has 0 N–H and O–H groups in total. The zero-order chi connectivity index (χ0) is 11.4. The molecule has 0 aliphatic heterocycles. The molecular formula is C12H9N3O. The highest BCUT2D eigenvalue weighted by Crippen LogP contribution is 2.21. The van der Waals surface area contributed by atoms with E-state index >= 15 is 0 Å². The van der Waals surface area contributed by atoms with E-state index in [2.05, 4.69) is 9.97 Å². The molecule has 0 atom stereocenters. The van der Waals surface area contributed by atoms with E-state index in [1.165, 1.54) is 6.33 Å². The zero-order valence-corrected chi connectivity index (χ0v) is 8.71. The van der Waals surface area contributed by atoms with E-state index in [9.17, 15) is 0 Å². The average Bonchev–Trinajstić information content (AvgIpc) is 2.39. The Bertz CT molecular complexity index is 546. The van der Waals surface area contributed by atoms with Crippen LogP contribution in [0.15, 0.2) is 36.7 Å². The van der Waals surface area contributed by atoms with Crippen LogP contribution in [-0.4, -0.2) is 17.1 Å². The quantitative estimate of drug-likeness (QED) is 0.762. The molecule has 0 spiro atoms. The Kier molecular flexibility index (Phi) is 2.79. The molecule has 0 aliphatic carbocycles. The molecule has 4 nitrogen and oxygen atoms in total. The van der Waals surface area contributed by atoms with Crippen molar-refractivity contribution in [3.63, 3.8) is 0 Å². The lowest BCUT2D eigenvalue weighted by Gasteiger charge is -2.03. The molecule has 0 saturated carbocycles. The third kappa shape index (κ3) is 1.98. The zero-order valence-electron chi connectivity index (χ0n) is 8.71. The van der Waals surface area contributed by atoms with E-state index < -0.39 is 0 Å². The highest BCUT2D eigenvalue weighted by molar-refractivity contribution is 5.61. The maximum absolute atomic E-state index is 8.74. The van der Waals surface area contributed by atoms with Crippen LogP contribution in [-0.2, 0) is 0 Å². The Morgan fingerprint density at radius 1 is 1.25 bits per heavy atom. The average molecular weight is 211 g/mol. The summed E-state index contributed by atoms with van der Waals surface area (Å²) in [6, 6.07) is 11.1. The van der Waals surface area contributed by atoms with Gasteiger partial charge in [0.2, 0.25) is 0 Å². The molecule has 0 aliphatic rings. The topological polar surface area (TPSA) is 58.8 Å². The number of benzene rings is 1. The van der Waals surface area contributed by atoms with Crippen molar-refractivity contribution in [2.24, 2.45) is 0 Å². The van der Waals surface area contributed by atoms with Gasteiger partial charge in [-0.05, 0) is 12.1 Å². The molecule has 2 aromatic rings. The first-order chi connectivity index (χ1) is 7.83. The fourth-order valence-electron chi connectivity index (χ4n) is 1.36. The summed E-state index contributed by atoms with van der Waals surface area (Å²) in [6.07, 6.45) is 1.38. The van der Waals surface area contributed by atoms with Gasteiger partial charge in [-0.25, -0.2) is 9.97 Å². The highest BCUT2D eigenvalue weighted by atomic mass is 16.5. The lowest BCUT2D eigenvalue weighted by Crippen LogP contribution is -1.89. The minimum atomic E-state index is 0.354. The minimum Gasteiger partial charge on any atom is -0.497 e. The largest absolute Gasteiger partial charge is 0.497 e. The predicted octanol–water partition coefficient (Wildman–Crippen LogP) is 2.02. The SMILES string of the molecule is COc1cccc(-c2cc(C#N)ncn2)c1. The van der Waals surface area contributed by atoms with Gasteiger partial charge in [-0.3, -0.25) is 0 Å². The number of methoxy groups -OCH3 is 1. The second-order valence-corrected chi connectivity index (χ2v) is 3.13. The summed E-state index contributed by atoms with van der Waals surface area (Å²) >= 11 is 0. The highest BCUT2D eigenvalue weighted by Gasteiger charge is 2.02. The Hall–Kier alpha value is -2.41. The summed E-state index contributed by atoms with van der Waals surface area (Å²) in [5.41, 5.74) is 1.97. The second-order valence-electron chi connectivity index (χ2n) is 3.13. The van der Waals surface area contributed by atoms with Gasteiger partial charge in [0, 0.05) is 11.6 Å². The van der Waals surface area contributed by atoms with Crippen LogP contribution in [0.2, 0.25) is 0 Å². The van der Waals surface area contributed by atoms with Gasteiger partial charge in [-0.2, -0.15) is 5.26 Å². The van der Waals surface area contributed by atoms with Crippen LogP contribution in [0.1, 0.15) is 5.69 Å². The first kappa shape index (κ1) is 10.1. The van der Waals surface area contributed by atoms with Gasteiger partial charge in [-0.1, -0.05) is 12.1 Å². The van der Waals surface area contributed by atoms with E-state index in [1.54, 1.807) is 13.2 Å². The van der Waals surface area contributed by atoms with Crippen molar-refractivity contribution < 1.29 is 4.74 Å². The Balaban J connectivity index is 2.46. The predicted molar refractivity (Wildman–Crippen MR) is 58.7 cm³/mol. The molecule has 1 aromatic carbocycles. The van der Waals surface area contributed by atoms with Gasteiger partial charge in [0.15, 0.2) is 0 Å². The van der Waals surface area contributed by atoms with Crippen LogP contribution in [0.4, 0.5) is 0 Å². The monoisotopic (exact) mass is 211 g/mol. The molecule has 0 unspecified atom stereocenters. The summed E-state index contributed by atoms with van der Waals surface area (Å²) in [5.74, 6) is 0.759. The van der Waals surface area contributed by atoms with Crippen LogP contribution >= 0.6 is 0 Å². The van der Waals surface area contributed by atoms with Gasteiger partial charge < -0.3 is 4.74 Å². The molecule has 0 amide bonds. The third-order valence-corrected chi connectivity index (χ3v) is 2.15. The molecule has 78 valence electrons. The maximum Gasteiger partial charge on any atom is 0.144 e. The van der Waals surface area contributed by atoms with Crippen molar-refractivity contribution in [2.45, 2.75) is 0 Å². The fourth-order valence-corrected chi connectivity index (χ4v) is 1.36. The van der Waals surface area contributed by atoms with E-state index in [4.69, 9.17) is 10.00 Å². The summed E-state index contributed by atoms with van der Waals surface area (Å²) in [6.45, 7) is 0. The van der Waals surface area contributed by atoms with Crippen molar-refractivity contribution in [1.29, 1.82) is 5.26 Å². The van der Waals surface area contributed by atoms with E-state index in [-0.39, 0.29) is 0 Å². The number of ether oxygens (including phenoxy) is 1. The van der Waals surface area contributed by atoms with Gasteiger partial charge >= 0.3 is 0 Å². The number of hydrogen-bond donors (Lipinski definition) is 0. The molecule has 0 saturated heterocycles. The molecule has 4 heteroatoms. The van der Waals surface area contributed by atoms with Crippen LogP contribution in [0.5, 0.6) is 5.75 Å². The molecule has 0 radical (unpaired) electrons. The van der Waals surface area contributed by atoms with Crippen molar-refractivity contribution in [1.82, 2.24) is 9.97 Å². The second kappa shape index (κ2) is 4.41. The van der Waals surface area contributed by atoms with Crippen molar-refractivity contribution in [2.75, 3.05) is 7.11 Å². The van der Waals surface area contributed by atoms with Crippen molar-refractivity contribution >= 4 is 0 Å². The van der Waals surface area contributed by atoms with Crippen LogP contribution < -0.4 is 4.74 Å². The number of nitriles is 1. The fraction of sp³-hybridized carbons (Fsp3) is 0.0833. The van der Waals surface area contributed by atoms with E-state index in [0.29, 0.717) is 11.4 Å². The van der Waals surface area contributed by atoms with Crippen LogP contribution in [0.3, 0.4) is 0 Å².